The van der Waals surface area contributed by atoms with Gasteiger partial charge in [-0.05, 0) is 54.9 Å². The second-order valence-corrected chi connectivity index (χ2v) is 9.79. The molecule has 1 heterocycles. The summed E-state index contributed by atoms with van der Waals surface area (Å²) >= 11 is 0. The van der Waals surface area contributed by atoms with Crippen LogP contribution in [0, 0.1) is 0 Å². The van der Waals surface area contributed by atoms with Gasteiger partial charge in [0.1, 0.15) is 18.1 Å². The molecule has 180 valence electrons. The zero-order valence-corrected chi connectivity index (χ0v) is 20.7. The number of benzene rings is 2. The number of likely N-dealkylation sites (tertiary alicyclic amines) is 1. The van der Waals surface area contributed by atoms with Crippen LogP contribution in [0.1, 0.15) is 43.5 Å². The number of hydrogen-bond donors (Lipinski definition) is 1. The first kappa shape index (κ1) is 25.2. The lowest BCUT2D eigenvalue weighted by molar-refractivity contribution is -0.140. The van der Waals surface area contributed by atoms with Crippen LogP contribution >= 0.6 is 0 Å². The van der Waals surface area contributed by atoms with Gasteiger partial charge in [-0.3, -0.25) is 9.59 Å². The first-order valence-electron chi connectivity index (χ1n) is 11.4. The summed E-state index contributed by atoms with van der Waals surface area (Å²) in [5.74, 6) is -0.838. The number of rotatable bonds is 8. The summed E-state index contributed by atoms with van der Waals surface area (Å²) in [5, 5.41) is 11.2. The van der Waals surface area contributed by atoms with Crippen LogP contribution in [0.2, 0.25) is 0 Å². The number of hydrogen-bond acceptors (Lipinski definition) is 5. The summed E-state index contributed by atoms with van der Waals surface area (Å²) < 4.78 is 5.50. The van der Waals surface area contributed by atoms with Gasteiger partial charge in [0.05, 0.1) is 11.6 Å². The third-order valence-corrected chi connectivity index (χ3v) is 5.92. The Morgan fingerprint density at radius 2 is 1.71 bits per heavy atom. The van der Waals surface area contributed by atoms with Gasteiger partial charge in [0.25, 0.3) is 11.7 Å². The lowest BCUT2D eigenvalue weighted by Gasteiger charge is -2.27. The maximum atomic E-state index is 13.1. The Hall–Kier alpha value is -3.38. The van der Waals surface area contributed by atoms with Gasteiger partial charge in [0.15, 0.2) is 0 Å². The molecule has 1 aliphatic heterocycles. The van der Waals surface area contributed by atoms with E-state index in [2.05, 4.69) is 27.4 Å². The summed E-state index contributed by atoms with van der Waals surface area (Å²) in [6.45, 7) is 11.4. The van der Waals surface area contributed by atoms with Crippen LogP contribution in [0.3, 0.4) is 0 Å². The predicted molar refractivity (Wildman–Crippen MR) is 135 cm³/mol. The Morgan fingerprint density at radius 1 is 1.09 bits per heavy atom. The molecule has 34 heavy (non-hydrogen) atoms. The van der Waals surface area contributed by atoms with E-state index in [1.165, 1.54) is 0 Å². The maximum Gasteiger partial charge on any atom is 0.295 e. The van der Waals surface area contributed by atoms with Crippen LogP contribution in [0.25, 0.3) is 5.76 Å². The third-order valence-electron chi connectivity index (χ3n) is 5.92. The summed E-state index contributed by atoms with van der Waals surface area (Å²) in [4.78, 5) is 29.7. The van der Waals surface area contributed by atoms with E-state index in [-0.39, 0.29) is 16.7 Å². The maximum absolute atomic E-state index is 13.1. The lowest BCUT2D eigenvalue weighted by Crippen LogP contribution is -2.35. The molecule has 2 aromatic rings. The quantitative estimate of drug-likeness (QED) is 0.270. The van der Waals surface area contributed by atoms with Gasteiger partial charge in [-0.2, -0.15) is 0 Å². The highest BCUT2D eigenvalue weighted by molar-refractivity contribution is 6.46. The van der Waals surface area contributed by atoms with E-state index in [4.69, 9.17) is 4.74 Å². The molecule has 0 spiro atoms. The van der Waals surface area contributed by atoms with Crippen LogP contribution < -0.4 is 4.74 Å². The van der Waals surface area contributed by atoms with E-state index in [1.807, 2.05) is 43.3 Å². The highest BCUT2D eigenvalue weighted by atomic mass is 16.5. The molecule has 0 aliphatic carbocycles. The average Bonchev–Trinajstić information content (AvgIpc) is 3.05. The highest BCUT2D eigenvalue weighted by Crippen LogP contribution is 2.40. The van der Waals surface area contributed by atoms with E-state index in [1.54, 1.807) is 35.2 Å². The standard InChI is InChI=1S/C28H34N2O4/c1-7-18-34-22-14-10-20(11-15-22)25(31)23-24(19-8-12-21(13-9-19)28(2,3)4)30(17-16-29(5)6)27(33)26(23)32/h7-15,24,31H,1,16-18H2,2-6H3/t24-/m1/s1. The van der Waals surface area contributed by atoms with Crippen LogP contribution in [0.4, 0.5) is 0 Å². The van der Waals surface area contributed by atoms with E-state index in [9.17, 15) is 14.7 Å². The summed E-state index contributed by atoms with van der Waals surface area (Å²) in [7, 11) is 3.83. The van der Waals surface area contributed by atoms with E-state index >= 15 is 0 Å². The fourth-order valence-electron chi connectivity index (χ4n) is 3.95. The van der Waals surface area contributed by atoms with Crippen molar-refractivity contribution in [2.75, 3.05) is 33.8 Å². The van der Waals surface area contributed by atoms with Crippen molar-refractivity contribution in [2.45, 2.75) is 32.2 Å². The number of aliphatic hydroxyl groups excluding tert-OH is 1. The van der Waals surface area contributed by atoms with Gasteiger partial charge >= 0.3 is 0 Å². The van der Waals surface area contributed by atoms with Crippen molar-refractivity contribution in [3.8, 4) is 5.75 Å². The second-order valence-electron chi connectivity index (χ2n) is 9.79. The molecular formula is C28H34N2O4. The molecule has 0 aromatic heterocycles. The molecular weight excluding hydrogens is 428 g/mol. The highest BCUT2D eigenvalue weighted by Gasteiger charge is 2.45. The SMILES string of the molecule is C=CCOc1ccc(C(O)=C2C(=O)C(=O)N(CCN(C)C)[C@@H]2c2ccc(C(C)(C)C)cc2)cc1. The molecule has 3 rings (SSSR count). The zero-order valence-electron chi connectivity index (χ0n) is 20.7. The van der Waals surface area contributed by atoms with Crippen molar-refractivity contribution >= 4 is 17.4 Å². The zero-order chi connectivity index (χ0) is 25.0. The number of likely N-dealkylation sites (N-methyl/N-ethyl adjacent to an activating group) is 1. The minimum atomic E-state index is -0.673. The smallest absolute Gasteiger partial charge is 0.295 e. The molecule has 6 nitrogen and oxygen atoms in total. The predicted octanol–water partition coefficient (Wildman–Crippen LogP) is 4.53. The molecule has 2 aromatic carbocycles. The molecule has 6 heteroatoms. The number of carbonyl (C=O) groups is 2. The average molecular weight is 463 g/mol. The Labute approximate surface area is 202 Å². The Morgan fingerprint density at radius 3 is 2.24 bits per heavy atom. The number of amides is 1. The Balaban J connectivity index is 2.07. The van der Waals surface area contributed by atoms with E-state index in [0.29, 0.717) is 31.0 Å². The minimum absolute atomic E-state index is 0.0271. The minimum Gasteiger partial charge on any atom is -0.507 e. The van der Waals surface area contributed by atoms with Gasteiger partial charge in [-0.15, -0.1) is 0 Å². The van der Waals surface area contributed by atoms with Crippen LogP contribution in [-0.4, -0.2) is 60.4 Å². The fraction of sp³-hybridized carbons (Fsp3) is 0.357. The largest absolute Gasteiger partial charge is 0.507 e. The third kappa shape index (κ3) is 5.39. The number of carbonyl (C=O) groups excluding carboxylic acids is 2. The second kappa shape index (κ2) is 10.3. The molecule has 1 atom stereocenters. The van der Waals surface area contributed by atoms with Gasteiger partial charge in [0.2, 0.25) is 0 Å². The van der Waals surface area contributed by atoms with Crippen LogP contribution in [0.15, 0.2) is 66.8 Å². The van der Waals surface area contributed by atoms with Crippen molar-refractivity contribution in [2.24, 2.45) is 0 Å². The molecule has 1 amide bonds. The summed E-state index contributed by atoms with van der Waals surface area (Å²) in [5.41, 5.74) is 2.47. The van der Waals surface area contributed by atoms with E-state index in [0.717, 1.165) is 11.1 Å². The van der Waals surface area contributed by atoms with Crippen LogP contribution in [0.5, 0.6) is 5.75 Å². The van der Waals surface area contributed by atoms with Gasteiger partial charge in [-0.25, -0.2) is 0 Å². The Kier molecular flexibility index (Phi) is 7.62. The number of Topliss-reactive ketones (excluding diaryl/α,β-unsaturated/α-hetero) is 1. The molecule has 1 fully saturated rings. The number of ether oxygens (including phenoxy) is 1. The lowest BCUT2D eigenvalue weighted by atomic mass is 9.85. The summed E-state index contributed by atoms with van der Waals surface area (Å²) in [6, 6.07) is 14.1. The molecule has 1 N–H and O–H groups in total. The Bertz CT molecular complexity index is 1080. The normalized spacial score (nSPS) is 17.9. The van der Waals surface area contributed by atoms with Crippen molar-refractivity contribution in [1.82, 2.24) is 9.80 Å². The number of aliphatic hydroxyl groups is 1. The van der Waals surface area contributed by atoms with Crippen molar-refractivity contribution in [1.29, 1.82) is 0 Å². The molecule has 0 radical (unpaired) electrons. The first-order valence-corrected chi connectivity index (χ1v) is 11.4. The van der Waals surface area contributed by atoms with Gasteiger partial charge < -0.3 is 19.6 Å². The van der Waals surface area contributed by atoms with Gasteiger partial charge in [-0.1, -0.05) is 57.7 Å². The van der Waals surface area contributed by atoms with Gasteiger partial charge in [0, 0.05) is 18.7 Å². The monoisotopic (exact) mass is 462 g/mol. The van der Waals surface area contributed by atoms with Crippen molar-refractivity contribution < 1.29 is 19.4 Å². The topological polar surface area (TPSA) is 70.1 Å². The van der Waals surface area contributed by atoms with Crippen molar-refractivity contribution in [3.63, 3.8) is 0 Å². The molecule has 1 aliphatic rings. The van der Waals surface area contributed by atoms with Crippen LogP contribution in [-0.2, 0) is 15.0 Å². The summed E-state index contributed by atoms with van der Waals surface area (Å²) in [6.07, 6.45) is 1.65. The number of nitrogens with zero attached hydrogens (tertiary/aromatic N) is 2. The molecule has 0 unspecified atom stereocenters. The first-order chi connectivity index (χ1) is 16.0. The number of ketones is 1. The molecule has 0 bridgehead atoms. The molecule has 0 saturated carbocycles. The van der Waals surface area contributed by atoms with E-state index < -0.39 is 17.7 Å². The fourth-order valence-corrected chi connectivity index (χ4v) is 3.95. The molecule has 1 saturated heterocycles. The van der Waals surface area contributed by atoms with Crippen molar-refractivity contribution in [3.05, 3.63) is 83.4 Å².